The fourth-order valence-corrected chi connectivity index (χ4v) is 2.32. The maximum atomic E-state index is 5.73. The maximum absolute atomic E-state index is 5.73. The van der Waals surface area contributed by atoms with Crippen LogP contribution in [0, 0.1) is 0 Å². The van der Waals surface area contributed by atoms with Gasteiger partial charge >= 0.3 is 0 Å². The lowest BCUT2D eigenvalue weighted by Gasteiger charge is -1.92. The maximum Gasteiger partial charge on any atom is 0.279 e. The van der Waals surface area contributed by atoms with Crippen molar-refractivity contribution >= 4 is 17.0 Å². The Labute approximate surface area is 109 Å². The number of para-hydroxylation sites is 1. The molecule has 0 saturated heterocycles. The Balaban J connectivity index is 1.98. The van der Waals surface area contributed by atoms with Crippen LogP contribution in [0.1, 0.15) is 0 Å². The molecule has 0 atom stereocenters. The summed E-state index contributed by atoms with van der Waals surface area (Å²) in [5, 5.41) is 1.98. The SMILES string of the molecule is c1ccc(N=c2oc(-c3ccccc3)cs2)cc1. The van der Waals surface area contributed by atoms with Gasteiger partial charge in [-0.3, -0.25) is 0 Å². The zero-order chi connectivity index (χ0) is 12.2. The van der Waals surface area contributed by atoms with Crippen LogP contribution in [0.4, 0.5) is 5.69 Å². The van der Waals surface area contributed by atoms with E-state index in [9.17, 15) is 0 Å². The molecule has 0 aliphatic heterocycles. The summed E-state index contributed by atoms with van der Waals surface area (Å²) in [5.41, 5.74) is 1.98. The first-order chi connectivity index (χ1) is 8.92. The smallest absolute Gasteiger partial charge is 0.279 e. The van der Waals surface area contributed by atoms with Gasteiger partial charge in [0.1, 0.15) is 5.76 Å². The van der Waals surface area contributed by atoms with E-state index in [1.165, 1.54) is 11.3 Å². The van der Waals surface area contributed by atoms with Gasteiger partial charge in [-0.15, -0.1) is 0 Å². The van der Waals surface area contributed by atoms with Crippen molar-refractivity contribution in [2.75, 3.05) is 0 Å². The summed E-state index contributed by atoms with van der Waals surface area (Å²) < 4.78 is 5.73. The first-order valence-electron chi connectivity index (χ1n) is 5.66. The molecule has 0 N–H and O–H groups in total. The minimum atomic E-state index is 0.667. The van der Waals surface area contributed by atoms with E-state index in [0.29, 0.717) is 4.87 Å². The van der Waals surface area contributed by atoms with Gasteiger partial charge in [0.15, 0.2) is 0 Å². The minimum absolute atomic E-state index is 0.667. The summed E-state index contributed by atoms with van der Waals surface area (Å²) >= 11 is 1.51. The fourth-order valence-electron chi connectivity index (χ4n) is 1.63. The van der Waals surface area contributed by atoms with E-state index in [0.717, 1.165) is 17.0 Å². The molecule has 2 aromatic carbocycles. The molecule has 18 heavy (non-hydrogen) atoms. The molecular formula is C15H11NOS. The molecule has 3 rings (SSSR count). The van der Waals surface area contributed by atoms with E-state index in [1.807, 2.05) is 66.0 Å². The molecule has 3 heteroatoms. The van der Waals surface area contributed by atoms with Crippen LogP contribution >= 0.6 is 11.3 Å². The molecule has 0 aliphatic carbocycles. The lowest BCUT2D eigenvalue weighted by molar-refractivity contribution is 0.539. The summed E-state index contributed by atoms with van der Waals surface area (Å²) in [6, 6.07) is 19.8. The molecule has 0 fully saturated rings. The van der Waals surface area contributed by atoms with Crippen LogP contribution in [0.15, 0.2) is 75.5 Å². The van der Waals surface area contributed by atoms with Crippen molar-refractivity contribution in [3.05, 3.63) is 70.9 Å². The number of benzene rings is 2. The predicted molar refractivity (Wildman–Crippen MR) is 73.7 cm³/mol. The van der Waals surface area contributed by atoms with Crippen LogP contribution in [-0.2, 0) is 0 Å². The molecule has 0 saturated carbocycles. The highest BCUT2D eigenvalue weighted by Gasteiger charge is 2.01. The second kappa shape index (κ2) is 5.02. The van der Waals surface area contributed by atoms with Gasteiger partial charge in [-0.1, -0.05) is 59.9 Å². The predicted octanol–water partition coefficient (Wildman–Crippen LogP) is 4.24. The minimum Gasteiger partial charge on any atom is -0.429 e. The summed E-state index contributed by atoms with van der Waals surface area (Å²) in [4.78, 5) is 5.11. The van der Waals surface area contributed by atoms with Gasteiger partial charge in [0.25, 0.3) is 4.87 Å². The van der Waals surface area contributed by atoms with Crippen LogP contribution in [-0.4, -0.2) is 0 Å². The number of rotatable bonds is 2. The standard InChI is InChI=1S/C15H11NOS/c1-3-7-12(8-4-1)14-11-18-15(17-14)16-13-9-5-2-6-10-13/h1-11H. The third-order valence-corrected chi connectivity index (χ3v) is 3.21. The molecule has 1 aromatic heterocycles. The molecule has 0 spiro atoms. The highest BCUT2D eigenvalue weighted by molar-refractivity contribution is 7.07. The van der Waals surface area contributed by atoms with Crippen LogP contribution < -0.4 is 4.87 Å². The molecule has 0 unspecified atom stereocenters. The Morgan fingerprint density at radius 2 is 1.50 bits per heavy atom. The van der Waals surface area contributed by atoms with Crippen molar-refractivity contribution in [2.45, 2.75) is 0 Å². The number of hydrogen-bond acceptors (Lipinski definition) is 3. The average molecular weight is 253 g/mol. The van der Waals surface area contributed by atoms with Crippen molar-refractivity contribution < 1.29 is 4.42 Å². The number of hydrogen-bond donors (Lipinski definition) is 0. The van der Waals surface area contributed by atoms with E-state index >= 15 is 0 Å². The molecule has 0 bridgehead atoms. The van der Waals surface area contributed by atoms with Crippen molar-refractivity contribution in [1.82, 2.24) is 0 Å². The van der Waals surface area contributed by atoms with E-state index in [1.54, 1.807) is 0 Å². The normalized spacial score (nSPS) is 11.7. The highest BCUT2D eigenvalue weighted by Crippen LogP contribution is 2.19. The molecule has 88 valence electrons. The third kappa shape index (κ3) is 2.41. The second-order valence-electron chi connectivity index (χ2n) is 3.78. The van der Waals surface area contributed by atoms with Crippen LogP contribution in [0.25, 0.3) is 11.3 Å². The molecule has 0 aliphatic rings. The summed E-state index contributed by atoms with van der Waals surface area (Å²) in [5.74, 6) is 0.857. The van der Waals surface area contributed by atoms with E-state index < -0.39 is 0 Å². The number of nitrogens with zero attached hydrogens (tertiary/aromatic N) is 1. The Hall–Kier alpha value is -2.13. The van der Waals surface area contributed by atoms with Crippen molar-refractivity contribution in [3.8, 4) is 11.3 Å². The highest BCUT2D eigenvalue weighted by atomic mass is 32.1. The zero-order valence-electron chi connectivity index (χ0n) is 9.61. The molecule has 0 amide bonds. The molecule has 2 nitrogen and oxygen atoms in total. The van der Waals surface area contributed by atoms with Gasteiger partial charge in [-0.2, -0.15) is 0 Å². The molecular weight excluding hydrogens is 242 g/mol. The van der Waals surface area contributed by atoms with E-state index in [4.69, 9.17) is 4.42 Å². The van der Waals surface area contributed by atoms with E-state index in [2.05, 4.69) is 4.99 Å². The monoisotopic (exact) mass is 253 g/mol. The summed E-state index contributed by atoms with van der Waals surface area (Å²) in [7, 11) is 0. The Morgan fingerprint density at radius 1 is 0.833 bits per heavy atom. The molecule has 0 radical (unpaired) electrons. The topological polar surface area (TPSA) is 25.5 Å². The first kappa shape index (κ1) is 11.0. The van der Waals surface area contributed by atoms with Gasteiger partial charge in [0.2, 0.25) is 0 Å². The van der Waals surface area contributed by atoms with Gasteiger partial charge in [-0.05, 0) is 12.1 Å². The van der Waals surface area contributed by atoms with Gasteiger partial charge in [-0.25, -0.2) is 4.99 Å². The van der Waals surface area contributed by atoms with Gasteiger partial charge < -0.3 is 4.42 Å². The summed E-state index contributed by atoms with van der Waals surface area (Å²) in [6.45, 7) is 0. The average Bonchev–Trinajstić information content (AvgIpc) is 2.89. The van der Waals surface area contributed by atoms with Crippen LogP contribution in [0.5, 0.6) is 0 Å². The van der Waals surface area contributed by atoms with Crippen molar-refractivity contribution in [1.29, 1.82) is 0 Å². The quantitative estimate of drug-likeness (QED) is 0.670. The Morgan fingerprint density at radius 3 is 2.22 bits per heavy atom. The van der Waals surface area contributed by atoms with E-state index in [-0.39, 0.29) is 0 Å². The largest absolute Gasteiger partial charge is 0.429 e. The van der Waals surface area contributed by atoms with Gasteiger partial charge in [0, 0.05) is 10.9 Å². The molecule has 3 aromatic rings. The second-order valence-corrected chi connectivity index (χ2v) is 4.60. The van der Waals surface area contributed by atoms with Gasteiger partial charge in [0.05, 0.1) is 5.69 Å². The summed E-state index contributed by atoms with van der Waals surface area (Å²) in [6.07, 6.45) is 0. The fraction of sp³-hybridized carbons (Fsp3) is 0. The van der Waals surface area contributed by atoms with Crippen LogP contribution in [0.3, 0.4) is 0 Å². The van der Waals surface area contributed by atoms with Crippen molar-refractivity contribution in [2.24, 2.45) is 4.99 Å². The van der Waals surface area contributed by atoms with Crippen molar-refractivity contribution in [3.63, 3.8) is 0 Å². The Bertz CT molecular complexity index is 683. The van der Waals surface area contributed by atoms with Crippen LogP contribution in [0.2, 0.25) is 0 Å². The first-order valence-corrected chi connectivity index (χ1v) is 6.53. The molecule has 1 heterocycles. The Kier molecular flexibility index (Phi) is 3.07. The lowest BCUT2D eigenvalue weighted by atomic mass is 10.2. The zero-order valence-corrected chi connectivity index (χ0v) is 10.4. The lowest BCUT2D eigenvalue weighted by Crippen LogP contribution is -1.88. The third-order valence-electron chi connectivity index (χ3n) is 2.50.